The molecule has 13 aromatic rings. The lowest BCUT2D eigenvalue weighted by Gasteiger charge is -2.14. The van der Waals surface area contributed by atoms with Crippen LogP contribution in [0.5, 0.6) is 0 Å². The third-order valence-electron chi connectivity index (χ3n) is 12.1. The Morgan fingerprint density at radius 1 is 0.383 bits per heavy atom. The van der Waals surface area contributed by atoms with Gasteiger partial charge in [-0.3, -0.25) is 9.13 Å². The van der Waals surface area contributed by atoms with Gasteiger partial charge in [0.05, 0.1) is 38.7 Å². The van der Waals surface area contributed by atoms with Gasteiger partial charge >= 0.3 is 0 Å². The van der Waals surface area contributed by atoms with Gasteiger partial charge in [-0.15, -0.1) is 0 Å². The van der Waals surface area contributed by atoms with Crippen LogP contribution in [0.25, 0.3) is 116 Å². The first-order valence-electron chi connectivity index (χ1n) is 20.2. The summed E-state index contributed by atoms with van der Waals surface area (Å²) in [7, 11) is 0. The number of rotatable bonds is 5. The summed E-state index contributed by atoms with van der Waals surface area (Å²) in [5.41, 5.74) is 13.2. The Morgan fingerprint density at radius 2 is 1.05 bits per heavy atom. The summed E-state index contributed by atoms with van der Waals surface area (Å²) in [6.07, 6.45) is 1.86. The Kier molecular flexibility index (Phi) is 6.91. The SMILES string of the molecule is c1ccc(-c2ccc3c(c2)oc2c(-c4nc5ccccc5n4-c4ccccc4)cc(-n4c5ccccc5c5cc6c7ccccc7n(-c7ccccn7)c6cc54)cc23)cc1. The second-order valence-corrected chi connectivity index (χ2v) is 15.4. The molecule has 0 fully saturated rings. The van der Waals surface area contributed by atoms with Gasteiger partial charge in [0, 0.05) is 49.9 Å². The minimum Gasteiger partial charge on any atom is -0.455 e. The molecule has 0 aliphatic rings. The van der Waals surface area contributed by atoms with Gasteiger partial charge in [-0.25, -0.2) is 9.97 Å². The predicted octanol–water partition coefficient (Wildman–Crippen LogP) is 13.8. The molecular weight excluding hydrogens is 735 g/mol. The standard InChI is InChI=1S/C54H33N5O/c1-3-15-34(16-4-1)35-26-27-40-43-30-37(31-44(53(43)60-51(40)29-35)54-56-45-21-9-12-24-48(45)58(54)36-17-5-2-6-18-36)57-46-22-10-7-19-38(46)41-32-42-39-20-8-11-23-47(39)59(50(42)33-49(41)57)52-25-13-14-28-55-52/h1-33H. The molecule has 5 aromatic heterocycles. The molecule has 6 heteroatoms. The second kappa shape index (κ2) is 12.6. The molecule has 8 aromatic carbocycles. The number of imidazole rings is 1. The summed E-state index contributed by atoms with van der Waals surface area (Å²) < 4.78 is 14.0. The van der Waals surface area contributed by atoms with Crippen molar-refractivity contribution in [2.45, 2.75) is 0 Å². The van der Waals surface area contributed by atoms with Gasteiger partial charge in [0.25, 0.3) is 0 Å². The fourth-order valence-corrected chi connectivity index (χ4v) is 9.46. The Balaban J connectivity index is 1.16. The van der Waals surface area contributed by atoms with E-state index >= 15 is 0 Å². The van der Waals surface area contributed by atoms with Crippen molar-refractivity contribution in [1.29, 1.82) is 0 Å². The number of hydrogen-bond donors (Lipinski definition) is 0. The van der Waals surface area contributed by atoms with E-state index in [1.54, 1.807) is 0 Å². The average molecular weight is 768 g/mol. The highest BCUT2D eigenvalue weighted by Crippen LogP contribution is 2.44. The third kappa shape index (κ3) is 4.76. The van der Waals surface area contributed by atoms with Crippen LogP contribution in [0.4, 0.5) is 0 Å². The molecule has 280 valence electrons. The van der Waals surface area contributed by atoms with Crippen molar-refractivity contribution < 1.29 is 4.42 Å². The molecule has 0 N–H and O–H groups in total. The molecule has 0 saturated heterocycles. The first-order chi connectivity index (χ1) is 29.8. The van der Waals surface area contributed by atoms with Crippen LogP contribution in [-0.4, -0.2) is 23.7 Å². The van der Waals surface area contributed by atoms with Crippen LogP contribution < -0.4 is 0 Å². The van der Waals surface area contributed by atoms with Crippen molar-refractivity contribution in [2.24, 2.45) is 0 Å². The summed E-state index contributed by atoms with van der Waals surface area (Å²) in [5, 5.41) is 6.83. The topological polar surface area (TPSA) is 53.7 Å². The van der Waals surface area contributed by atoms with Gasteiger partial charge in [-0.1, -0.05) is 109 Å². The van der Waals surface area contributed by atoms with E-state index in [2.05, 4.69) is 196 Å². The van der Waals surface area contributed by atoms with Crippen LogP contribution in [0.2, 0.25) is 0 Å². The highest BCUT2D eigenvalue weighted by atomic mass is 16.3. The zero-order valence-electron chi connectivity index (χ0n) is 32.2. The van der Waals surface area contributed by atoms with Crippen molar-refractivity contribution in [3.63, 3.8) is 0 Å². The highest BCUT2D eigenvalue weighted by molar-refractivity contribution is 6.20. The van der Waals surface area contributed by atoms with Gasteiger partial charge < -0.3 is 8.98 Å². The molecular formula is C54H33N5O. The number of para-hydroxylation sites is 5. The number of nitrogens with zero attached hydrogens (tertiary/aromatic N) is 5. The van der Waals surface area contributed by atoms with Crippen LogP contribution in [-0.2, 0) is 0 Å². The summed E-state index contributed by atoms with van der Waals surface area (Å²) in [5.74, 6) is 1.70. The van der Waals surface area contributed by atoms with Crippen molar-refractivity contribution in [3.05, 3.63) is 200 Å². The molecule has 0 spiro atoms. The zero-order valence-corrected chi connectivity index (χ0v) is 32.2. The van der Waals surface area contributed by atoms with E-state index in [4.69, 9.17) is 14.4 Å². The molecule has 5 heterocycles. The lowest BCUT2D eigenvalue weighted by atomic mass is 10.0. The van der Waals surface area contributed by atoms with E-state index in [-0.39, 0.29) is 0 Å². The maximum atomic E-state index is 7.02. The van der Waals surface area contributed by atoms with Crippen LogP contribution in [0.15, 0.2) is 205 Å². The van der Waals surface area contributed by atoms with E-state index < -0.39 is 0 Å². The molecule has 0 unspecified atom stereocenters. The third-order valence-corrected chi connectivity index (χ3v) is 12.1. The van der Waals surface area contributed by atoms with E-state index in [1.807, 2.05) is 18.3 Å². The van der Waals surface area contributed by atoms with Crippen molar-refractivity contribution in [3.8, 4) is 39.7 Å². The molecule has 0 bridgehead atoms. The maximum absolute atomic E-state index is 7.02. The zero-order chi connectivity index (χ0) is 39.3. The van der Waals surface area contributed by atoms with Crippen molar-refractivity contribution in [1.82, 2.24) is 23.7 Å². The molecule has 0 atom stereocenters. The first kappa shape index (κ1) is 32.8. The minimum atomic E-state index is 0.796. The van der Waals surface area contributed by atoms with Gasteiger partial charge in [0.2, 0.25) is 0 Å². The van der Waals surface area contributed by atoms with Gasteiger partial charge in [0.15, 0.2) is 0 Å². The fourth-order valence-electron chi connectivity index (χ4n) is 9.46. The van der Waals surface area contributed by atoms with Crippen LogP contribution in [0.3, 0.4) is 0 Å². The summed E-state index contributed by atoms with van der Waals surface area (Å²) in [6.45, 7) is 0. The monoisotopic (exact) mass is 767 g/mol. The molecule has 0 amide bonds. The lowest BCUT2D eigenvalue weighted by molar-refractivity contribution is 0.669. The van der Waals surface area contributed by atoms with E-state index in [0.29, 0.717) is 0 Å². The predicted molar refractivity (Wildman–Crippen MR) is 246 cm³/mol. The minimum absolute atomic E-state index is 0.796. The molecule has 60 heavy (non-hydrogen) atoms. The molecule has 0 saturated carbocycles. The molecule has 0 aliphatic carbocycles. The average Bonchev–Trinajstić information content (AvgIpc) is 4.06. The number of hydrogen-bond acceptors (Lipinski definition) is 3. The summed E-state index contributed by atoms with van der Waals surface area (Å²) in [4.78, 5) is 10.2. The Morgan fingerprint density at radius 3 is 1.82 bits per heavy atom. The number of pyridine rings is 1. The van der Waals surface area contributed by atoms with Gasteiger partial charge in [0.1, 0.15) is 22.8 Å². The largest absolute Gasteiger partial charge is 0.455 e. The van der Waals surface area contributed by atoms with Crippen LogP contribution in [0.1, 0.15) is 0 Å². The van der Waals surface area contributed by atoms with Crippen molar-refractivity contribution in [2.75, 3.05) is 0 Å². The van der Waals surface area contributed by atoms with E-state index in [0.717, 1.165) is 94.7 Å². The van der Waals surface area contributed by atoms with Crippen LogP contribution >= 0.6 is 0 Å². The van der Waals surface area contributed by atoms with E-state index in [9.17, 15) is 0 Å². The molecule has 13 rings (SSSR count). The van der Waals surface area contributed by atoms with Gasteiger partial charge in [-0.05, 0) is 96.1 Å². The van der Waals surface area contributed by atoms with Crippen molar-refractivity contribution >= 4 is 76.6 Å². The smallest absolute Gasteiger partial charge is 0.149 e. The number of benzene rings is 8. The molecule has 0 aliphatic heterocycles. The fraction of sp³-hybridized carbons (Fsp3) is 0. The molecule has 6 nitrogen and oxygen atoms in total. The Bertz CT molecular complexity index is 3820. The Labute approximate surface area is 343 Å². The first-order valence-corrected chi connectivity index (χ1v) is 20.2. The lowest BCUT2D eigenvalue weighted by Crippen LogP contribution is -2.00. The van der Waals surface area contributed by atoms with E-state index in [1.165, 1.54) is 21.5 Å². The highest BCUT2D eigenvalue weighted by Gasteiger charge is 2.24. The normalized spacial score (nSPS) is 12.0. The second-order valence-electron chi connectivity index (χ2n) is 15.4. The quantitative estimate of drug-likeness (QED) is 0.175. The maximum Gasteiger partial charge on any atom is 0.149 e. The summed E-state index contributed by atoms with van der Waals surface area (Å²) >= 11 is 0. The molecule has 0 radical (unpaired) electrons. The number of furan rings is 1. The Hall–Kier alpha value is -8.22. The number of aromatic nitrogens is 5. The van der Waals surface area contributed by atoms with Crippen LogP contribution in [0, 0.1) is 0 Å². The van der Waals surface area contributed by atoms with Gasteiger partial charge in [-0.2, -0.15) is 0 Å². The number of fused-ring (bicyclic) bond motifs is 10. The summed E-state index contributed by atoms with van der Waals surface area (Å²) in [6, 6.07) is 68.7.